The van der Waals surface area contributed by atoms with Crippen molar-refractivity contribution >= 4 is 22.6 Å². The number of aromatic amines is 1. The number of rotatable bonds is 5. The molecule has 0 amide bonds. The Kier molecular flexibility index (Phi) is 5.26. The van der Waals surface area contributed by atoms with Gasteiger partial charge in [0.25, 0.3) is 0 Å². The van der Waals surface area contributed by atoms with Gasteiger partial charge in [-0.05, 0) is 25.3 Å². The minimum absolute atomic E-state index is 0.134. The largest absolute Gasteiger partial charge is 0.459 e. The first kappa shape index (κ1) is 19.8. The fraction of sp³-hybridized carbons (Fsp3) is 0.500. The van der Waals surface area contributed by atoms with E-state index < -0.39 is 23.0 Å². The van der Waals surface area contributed by atoms with Crippen molar-refractivity contribution in [3.8, 4) is 0 Å². The van der Waals surface area contributed by atoms with Crippen LogP contribution in [0.1, 0.15) is 35.8 Å². The Hall–Kier alpha value is -2.52. The molecule has 1 saturated heterocycles. The lowest BCUT2D eigenvalue weighted by Crippen LogP contribution is -2.52. The summed E-state index contributed by atoms with van der Waals surface area (Å²) in [5, 5.41) is 12.2. The first-order valence-electron chi connectivity index (χ1n) is 9.81. The van der Waals surface area contributed by atoms with Gasteiger partial charge in [-0.25, -0.2) is 13.6 Å². The molecule has 29 heavy (non-hydrogen) atoms. The van der Waals surface area contributed by atoms with Gasteiger partial charge in [-0.15, -0.1) is 0 Å². The van der Waals surface area contributed by atoms with E-state index in [1.807, 2.05) is 0 Å². The van der Waals surface area contributed by atoms with Crippen molar-refractivity contribution < 1.29 is 23.4 Å². The van der Waals surface area contributed by atoms with E-state index in [1.165, 1.54) is 4.90 Å². The molecule has 9 heteroatoms. The van der Waals surface area contributed by atoms with Crippen molar-refractivity contribution in [1.29, 1.82) is 0 Å². The molecule has 2 fully saturated rings. The Balaban J connectivity index is 1.84. The molecule has 2 aromatic rings. The zero-order valence-electron chi connectivity index (χ0n) is 16.1. The Labute approximate surface area is 165 Å². The number of esters is 1. The highest BCUT2D eigenvalue weighted by molar-refractivity contribution is 5.96. The number of carbonyl (C=O) groups is 1. The van der Waals surface area contributed by atoms with Crippen LogP contribution in [0.4, 0.5) is 14.5 Å². The smallest absolute Gasteiger partial charge is 0.344 e. The maximum Gasteiger partial charge on any atom is 0.344 e. The lowest BCUT2D eigenvalue weighted by Gasteiger charge is -2.34. The summed E-state index contributed by atoms with van der Waals surface area (Å²) in [6, 6.07) is 0.665. The lowest BCUT2D eigenvalue weighted by molar-refractivity contribution is 0.0469. The van der Waals surface area contributed by atoms with E-state index in [2.05, 4.69) is 10.3 Å². The number of halogens is 2. The number of carbonyl (C=O) groups excluding carboxylic acids is 1. The van der Waals surface area contributed by atoms with E-state index in [9.17, 15) is 19.1 Å². The fourth-order valence-electron chi connectivity index (χ4n) is 3.71. The lowest BCUT2D eigenvalue weighted by atomic mass is 10.0. The van der Waals surface area contributed by atoms with Gasteiger partial charge >= 0.3 is 5.97 Å². The van der Waals surface area contributed by atoms with Gasteiger partial charge in [0, 0.05) is 31.4 Å². The number of aliphatic hydroxyl groups excluding tert-OH is 1. The summed E-state index contributed by atoms with van der Waals surface area (Å²) in [6.45, 7) is 2.62. The van der Waals surface area contributed by atoms with Crippen LogP contribution in [0.15, 0.2) is 10.9 Å². The van der Waals surface area contributed by atoms with E-state index in [1.54, 1.807) is 6.92 Å². The zero-order chi connectivity index (χ0) is 20.7. The number of aryl methyl sites for hydroxylation is 1. The molecule has 1 aromatic carbocycles. The normalized spacial score (nSPS) is 19.6. The molecular weight excluding hydrogens is 384 g/mol. The van der Waals surface area contributed by atoms with Crippen LogP contribution in [0.2, 0.25) is 0 Å². The van der Waals surface area contributed by atoms with Crippen LogP contribution < -0.4 is 15.6 Å². The molecule has 0 spiro atoms. The third-order valence-corrected chi connectivity index (χ3v) is 5.39. The molecule has 156 valence electrons. The Morgan fingerprint density at radius 3 is 2.79 bits per heavy atom. The summed E-state index contributed by atoms with van der Waals surface area (Å²) in [5.74, 6) is -2.53. The Bertz CT molecular complexity index is 1020. The average molecular weight is 407 g/mol. The van der Waals surface area contributed by atoms with Crippen LogP contribution in [0.25, 0.3) is 10.9 Å². The van der Waals surface area contributed by atoms with Crippen LogP contribution in [-0.4, -0.2) is 54.4 Å². The van der Waals surface area contributed by atoms with Crippen molar-refractivity contribution in [2.24, 2.45) is 0 Å². The summed E-state index contributed by atoms with van der Waals surface area (Å²) < 4.78 is 35.5. The quantitative estimate of drug-likeness (QED) is 0.650. The molecule has 2 heterocycles. The number of nitrogens with zero attached hydrogens (tertiary/aromatic N) is 1. The van der Waals surface area contributed by atoms with Crippen molar-refractivity contribution in [2.45, 2.75) is 38.3 Å². The van der Waals surface area contributed by atoms with Gasteiger partial charge in [0.15, 0.2) is 5.82 Å². The molecule has 2 aliphatic rings. The minimum atomic E-state index is -0.884. The van der Waals surface area contributed by atoms with E-state index >= 15 is 4.39 Å². The predicted molar refractivity (Wildman–Crippen MR) is 103 cm³/mol. The summed E-state index contributed by atoms with van der Waals surface area (Å²) >= 11 is 0. The molecule has 7 nitrogen and oxygen atoms in total. The van der Waals surface area contributed by atoms with Gasteiger partial charge in [-0.2, -0.15) is 0 Å². The number of nitrogens with one attached hydrogen (secondary N) is 2. The first-order valence-corrected chi connectivity index (χ1v) is 9.81. The maximum absolute atomic E-state index is 15.3. The van der Waals surface area contributed by atoms with Gasteiger partial charge in [0.1, 0.15) is 23.2 Å². The standard InChI is InChI=1S/C20H23F2N3O4/c1-2-14-15(20(28)29-11-3-4-11)19(27)12-7-13(21)18(16(22)17(12)24-14)25-6-5-23-10(8-25)9-26/h7,10-11,23,26H,2-6,8-9H2,1H3,(H,24,27). The second-order valence-corrected chi connectivity index (χ2v) is 7.49. The number of H-pyrrole nitrogens is 1. The van der Waals surface area contributed by atoms with E-state index in [0.29, 0.717) is 13.1 Å². The summed E-state index contributed by atoms with van der Waals surface area (Å²) in [4.78, 5) is 29.7. The molecule has 1 atom stereocenters. The van der Waals surface area contributed by atoms with Crippen molar-refractivity contribution in [3.63, 3.8) is 0 Å². The van der Waals surface area contributed by atoms with Crippen LogP contribution in [0.5, 0.6) is 0 Å². The van der Waals surface area contributed by atoms with Gasteiger partial charge < -0.3 is 25.0 Å². The van der Waals surface area contributed by atoms with Crippen LogP contribution >= 0.6 is 0 Å². The average Bonchev–Trinajstić information content (AvgIpc) is 3.52. The molecule has 4 rings (SSSR count). The fourth-order valence-corrected chi connectivity index (χ4v) is 3.71. The summed E-state index contributed by atoms with van der Waals surface area (Å²) in [7, 11) is 0. The molecule has 1 unspecified atom stereocenters. The monoisotopic (exact) mass is 407 g/mol. The molecule has 1 aliphatic heterocycles. The van der Waals surface area contributed by atoms with Crippen molar-refractivity contribution in [3.05, 3.63) is 39.2 Å². The predicted octanol–water partition coefficient (Wildman–Crippen LogP) is 1.46. The number of aliphatic hydroxyl groups is 1. The minimum Gasteiger partial charge on any atom is -0.459 e. The zero-order valence-corrected chi connectivity index (χ0v) is 16.1. The number of pyridine rings is 1. The van der Waals surface area contributed by atoms with Gasteiger partial charge in [-0.1, -0.05) is 6.92 Å². The van der Waals surface area contributed by atoms with Gasteiger partial charge in [0.05, 0.1) is 17.5 Å². The highest BCUT2D eigenvalue weighted by Crippen LogP contribution is 2.31. The highest BCUT2D eigenvalue weighted by atomic mass is 19.1. The number of hydrogen-bond acceptors (Lipinski definition) is 6. The molecule has 1 saturated carbocycles. The van der Waals surface area contributed by atoms with E-state index in [-0.39, 0.29) is 59.6 Å². The Morgan fingerprint density at radius 2 is 2.14 bits per heavy atom. The summed E-state index contributed by atoms with van der Waals surface area (Å²) in [6.07, 6.45) is 1.60. The second-order valence-electron chi connectivity index (χ2n) is 7.49. The maximum atomic E-state index is 15.3. The van der Waals surface area contributed by atoms with Crippen molar-refractivity contribution in [1.82, 2.24) is 10.3 Å². The van der Waals surface area contributed by atoms with Gasteiger partial charge in [0.2, 0.25) is 5.43 Å². The van der Waals surface area contributed by atoms with E-state index in [4.69, 9.17) is 4.74 Å². The van der Waals surface area contributed by atoms with Crippen molar-refractivity contribution in [2.75, 3.05) is 31.1 Å². The summed E-state index contributed by atoms with van der Waals surface area (Å²) in [5.41, 5.74) is -1.05. The third-order valence-electron chi connectivity index (χ3n) is 5.39. The molecule has 0 radical (unpaired) electrons. The van der Waals surface area contributed by atoms with Crippen LogP contribution in [0.3, 0.4) is 0 Å². The number of hydrogen-bond donors (Lipinski definition) is 3. The SMILES string of the molecule is CCc1[nH]c2c(F)c(N3CCNC(CO)C3)c(F)cc2c(=O)c1C(=O)OC1CC1. The molecular formula is C20H23F2N3O4. The number of anilines is 1. The number of fused-ring (bicyclic) bond motifs is 1. The topological polar surface area (TPSA) is 94.7 Å². The van der Waals surface area contributed by atoms with E-state index in [0.717, 1.165) is 18.9 Å². The molecule has 1 aliphatic carbocycles. The molecule has 1 aromatic heterocycles. The number of aromatic nitrogens is 1. The first-order chi connectivity index (χ1) is 13.9. The third kappa shape index (κ3) is 3.60. The molecule has 3 N–H and O–H groups in total. The number of piperazine rings is 1. The van der Waals surface area contributed by atoms with Crippen LogP contribution in [0, 0.1) is 11.6 Å². The highest BCUT2D eigenvalue weighted by Gasteiger charge is 2.31. The Morgan fingerprint density at radius 1 is 1.38 bits per heavy atom. The number of benzene rings is 1. The molecule has 0 bridgehead atoms. The number of ether oxygens (including phenoxy) is 1. The van der Waals surface area contributed by atoms with Crippen LogP contribution in [-0.2, 0) is 11.2 Å². The second kappa shape index (κ2) is 7.72. The van der Waals surface area contributed by atoms with Gasteiger partial charge in [-0.3, -0.25) is 4.79 Å².